The summed E-state index contributed by atoms with van der Waals surface area (Å²) in [5.41, 5.74) is 6.24. The Hall–Kier alpha value is -2.32. The summed E-state index contributed by atoms with van der Waals surface area (Å²) < 4.78 is 0. The van der Waals surface area contributed by atoms with Gasteiger partial charge in [-0.2, -0.15) is 0 Å². The highest BCUT2D eigenvalue weighted by Gasteiger charge is 1.99. The highest BCUT2D eigenvalue weighted by atomic mass is 32.1. The van der Waals surface area contributed by atoms with Crippen LogP contribution >= 0.6 is 0 Å². The molecular weight excluding hydrogens is 310 g/mol. The van der Waals surface area contributed by atoms with Crippen LogP contribution in [-0.4, -0.2) is 6.21 Å². The van der Waals surface area contributed by atoms with Gasteiger partial charge in [0.25, 0.3) is 0 Å². The normalized spacial score (nSPS) is 9.79. The van der Waals surface area contributed by atoms with Crippen molar-refractivity contribution in [2.75, 3.05) is 0 Å². The smallest absolute Gasteiger partial charge is 0.150 e. The Morgan fingerprint density at radius 1 is 0.833 bits per heavy atom. The van der Waals surface area contributed by atoms with Crippen molar-refractivity contribution >= 4 is 18.8 Å². The lowest BCUT2D eigenvalue weighted by Gasteiger charge is -2.05. The van der Waals surface area contributed by atoms with Gasteiger partial charge < -0.3 is 5.41 Å². The van der Waals surface area contributed by atoms with E-state index in [1.807, 2.05) is 24.3 Å². The van der Waals surface area contributed by atoms with Crippen LogP contribution in [0.15, 0.2) is 77.7 Å². The van der Waals surface area contributed by atoms with Gasteiger partial charge in [0.1, 0.15) is 4.90 Å². The summed E-state index contributed by atoms with van der Waals surface area (Å²) in [5, 5.41) is 7.14. The van der Waals surface area contributed by atoms with Gasteiger partial charge in [-0.15, -0.1) is 0 Å². The Balaban J connectivity index is 0.000000219. The number of rotatable bonds is 3. The minimum Gasteiger partial charge on any atom is -0.308 e. The lowest BCUT2D eigenvalue weighted by Crippen LogP contribution is -1.91. The zero-order valence-corrected chi connectivity index (χ0v) is 15.2. The van der Waals surface area contributed by atoms with E-state index < -0.39 is 0 Å². The third-order valence-electron chi connectivity index (χ3n) is 3.85. The van der Waals surface area contributed by atoms with Crippen molar-refractivity contribution in [3.8, 4) is 0 Å². The van der Waals surface area contributed by atoms with Crippen molar-refractivity contribution in [2.45, 2.75) is 25.2 Å². The molecule has 0 radical (unpaired) electrons. The van der Waals surface area contributed by atoms with Crippen LogP contribution in [0.1, 0.15) is 27.8 Å². The second kappa shape index (κ2) is 9.09. The van der Waals surface area contributed by atoms with Crippen LogP contribution in [0.4, 0.5) is 0 Å². The quantitative estimate of drug-likeness (QED) is 0.518. The Morgan fingerprint density at radius 3 is 2.00 bits per heavy atom. The van der Waals surface area contributed by atoms with Gasteiger partial charge in [0.15, 0.2) is 0 Å². The predicted octanol–water partition coefficient (Wildman–Crippen LogP) is 4.95. The third-order valence-corrected chi connectivity index (χ3v) is 4.19. The summed E-state index contributed by atoms with van der Waals surface area (Å²) in [6.07, 6.45) is 2.34. The topological polar surface area (TPSA) is 23.9 Å². The van der Waals surface area contributed by atoms with E-state index in [1.165, 1.54) is 28.5 Å². The van der Waals surface area contributed by atoms with Crippen LogP contribution in [0.3, 0.4) is 0 Å². The monoisotopic (exact) mass is 334 g/mol. The summed E-state index contributed by atoms with van der Waals surface area (Å²) in [6, 6.07) is 24.8. The van der Waals surface area contributed by atoms with Gasteiger partial charge in [0.2, 0.25) is 0 Å². The molecule has 0 aromatic heterocycles. The average Bonchev–Trinajstić information content (AvgIpc) is 2.61. The molecule has 1 N–H and O–H groups in total. The van der Waals surface area contributed by atoms with Crippen LogP contribution in [0, 0.1) is 19.3 Å². The molecule has 0 atom stereocenters. The van der Waals surface area contributed by atoms with Gasteiger partial charge in [-0.3, -0.25) is 0 Å². The summed E-state index contributed by atoms with van der Waals surface area (Å²) in [6.45, 7) is 4.22. The van der Waals surface area contributed by atoms with Crippen molar-refractivity contribution in [3.05, 3.63) is 101 Å². The van der Waals surface area contributed by atoms with Crippen molar-refractivity contribution in [3.63, 3.8) is 0 Å². The molecule has 0 aliphatic carbocycles. The Kier molecular flexibility index (Phi) is 6.83. The molecule has 1 nitrogen and oxygen atoms in total. The van der Waals surface area contributed by atoms with E-state index in [9.17, 15) is 0 Å². The molecule has 3 rings (SSSR count). The third kappa shape index (κ3) is 5.71. The van der Waals surface area contributed by atoms with Crippen LogP contribution in [0.2, 0.25) is 0 Å². The molecular formula is C22H24NS+. The van der Waals surface area contributed by atoms with Gasteiger partial charge in [-0.25, -0.2) is 0 Å². The molecule has 0 bridgehead atoms. The van der Waals surface area contributed by atoms with Crippen LogP contribution in [0.25, 0.3) is 0 Å². The molecule has 0 amide bonds. The van der Waals surface area contributed by atoms with Crippen LogP contribution < -0.4 is 0 Å². The van der Waals surface area contributed by atoms with E-state index in [2.05, 4.69) is 75.0 Å². The molecule has 122 valence electrons. The summed E-state index contributed by atoms with van der Waals surface area (Å²) in [4.78, 5) is 1.13. The maximum absolute atomic E-state index is 7.14. The number of hydrogen-bond acceptors (Lipinski definition) is 1. The molecule has 3 aromatic carbocycles. The highest BCUT2D eigenvalue weighted by molar-refractivity contribution is 7.58. The first-order valence-corrected chi connectivity index (χ1v) is 8.50. The van der Waals surface area contributed by atoms with Gasteiger partial charge in [-0.1, -0.05) is 66.2 Å². The Labute approximate surface area is 150 Å². The summed E-state index contributed by atoms with van der Waals surface area (Å²) >= 11 is 3.39. The predicted molar refractivity (Wildman–Crippen MR) is 108 cm³/mol. The van der Waals surface area contributed by atoms with Gasteiger partial charge in [-0.05, 0) is 67.3 Å². The Bertz CT molecular complexity index is 753. The minimum atomic E-state index is 0.952. The maximum atomic E-state index is 7.14. The SMILES string of the molecule is Cc1ccc([SH2+])cc1.Cc1ccccc1Cc1ccc(C=N)cc1. The van der Waals surface area contributed by atoms with Gasteiger partial charge in [0.05, 0.1) is 0 Å². The van der Waals surface area contributed by atoms with Gasteiger partial charge >= 0.3 is 0 Å². The molecule has 0 aliphatic heterocycles. The fraction of sp³-hybridized carbons (Fsp3) is 0.136. The number of nitrogens with one attached hydrogen (secondary N) is 1. The van der Waals surface area contributed by atoms with Crippen molar-refractivity contribution < 1.29 is 0 Å². The van der Waals surface area contributed by atoms with Crippen LogP contribution in [0.5, 0.6) is 0 Å². The fourth-order valence-electron chi connectivity index (χ4n) is 2.31. The molecule has 0 unspecified atom stereocenters. The first kappa shape index (κ1) is 18.0. The van der Waals surface area contributed by atoms with E-state index in [4.69, 9.17) is 5.41 Å². The number of aryl methyl sites for hydroxylation is 2. The van der Waals surface area contributed by atoms with E-state index in [-0.39, 0.29) is 0 Å². The molecule has 24 heavy (non-hydrogen) atoms. The van der Waals surface area contributed by atoms with Crippen molar-refractivity contribution in [2.24, 2.45) is 0 Å². The molecule has 0 fully saturated rings. The lowest BCUT2D eigenvalue weighted by molar-refractivity contribution is 1.16. The molecule has 0 saturated carbocycles. The second-order valence-electron chi connectivity index (χ2n) is 5.86. The largest absolute Gasteiger partial charge is 0.308 e. The second-order valence-corrected chi connectivity index (χ2v) is 6.43. The molecule has 3 aromatic rings. The molecule has 0 aliphatic rings. The lowest BCUT2D eigenvalue weighted by atomic mass is 10.00. The highest BCUT2D eigenvalue weighted by Crippen LogP contribution is 2.13. The first-order chi connectivity index (χ1) is 11.6. The minimum absolute atomic E-state index is 0.952. The van der Waals surface area contributed by atoms with Gasteiger partial charge in [0, 0.05) is 6.21 Å². The average molecular weight is 335 g/mol. The number of benzene rings is 3. The van der Waals surface area contributed by atoms with Crippen molar-refractivity contribution in [1.29, 1.82) is 5.41 Å². The standard InChI is InChI=1S/C15H15N.C7H8S/c1-12-4-2-3-5-15(12)10-13-6-8-14(11-16)9-7-13;1-6-2-4-7(8)5-3-6/h2-9,11,16H,10H2,1H3;2-5,8H,1H3/p+1. The molecule has 0 heterocycles. The summed E-state index contributed by atoms with van der Waals surface area (Å²) in [5.74, 6) is 0. The zero-order valence-electron chi connectivity index (χ0n) is 14.2. The van der Waals surface area contributed by atoms with Crippen molar-refractivity contribution in [1.82, 2.24) is 0 Å². The molecule has 2 heteroatoms. The van der Waals surface area contributed by atoms with E-state index >= 15 is 0 Å². The maximum Gasteiger partial charge on any atom is 0.150 e. The molecule has 0 saturated heterocycles. The first-order valence-electron chi connectivity index (χ1n) is 8.00. The van der Waals surface area contributed by atoms with E-state index in [0.29, 0.717) is 0 Å². The van der Waals surface area contributed by atoms with Crippen LogP contribution in [-0.2, 0) is 19.0 Å². The molecule has 0 spiro atoms. The fourth-order valence-corrected chi connectivity index (χ4v) is 2.48. The van der Waals surface area contributed by atoms with E-state index in [1.54, 1.807) is 0 Å². The van der Waals surface area contributed by atoms with E-state index in [0.717, 1.165) is 16.9 Å². The Morgan fingerprint density at radius 2 is 1.46 bits per heavy atom. The number of hydrogen-bond donors (Lipinski definition) is 1. The zero-order chi connectivity index (χ0) is 17.4. The summed E-state index contributed by atoms with van der Waals surface area (Å²) in [7, 11) is 0.